The minimum absolute atomic E-state index is 0.0168. The summed E-state index contributed by atoms with van der Waals surface area (Å²) in [6.45, 7) is 1.58. The van der Waals surface area contributed by atoms with Crippen molar-refractivity contribution in [1.82, 2.24) is 0 Å². The molecule has 29 heavy (non-hydrogen) atoms. The van der Waals surface area contributed by atoms with Crippen molar-refractivity contribution in [3.8, 4) is 16.9 Å². The molecule has 0 fully saturated rings. The second kappa shape index (κ2) is 7.84. The monoisotopic (exact) mass is 412 g/mol. The molecule has 0 N–H and O–H groups in total. The molecule has 4 nitrogen and oxygen atoms in total. The Morgan fingerprint density at radius 1 is 1.21 bits per heavy atom. The second-order valence-electron chi connectivity index (χ2n) is 7.02. The van der Waals surface area contributed by atoms with Crippen LogP contribution in [0.3, 0.4) is 0 Å². The molecule has 1 unspecified atom stereocenters. The van der Waals surface area contributed by atoms with Gasteiger partial charge in [-0.1, -0.05) is 29.8 Å². The van der Waals surface area contributed by atoms with Gasteiger partial charge in [0.2, 0.25) is 5.43 Å². The van der Waals surface area contributed by atoms with Crippen molar-refractivity contribution in [2.45, 2.75) is 26.2 Å². The lowest BCUT2D eigenvalue weighted by atomic mass is 9.95. The van der Waals surface area contributed by atoms with Gasteiger partial charge in [0.1, 0.15) is 22.9 Å². The SMILES string of the molecule is Cc1oc2cc(OC(=O)C3CC=CCC3)ccc2c(=O)c1-c1c(F)cccc1Cl. The van der Waals surface area contributed by atoms with Crippen LogP contribution >= 0.6 is 11.6 Å². The van der Waals surface area contributed by atoms with E-state index in [-0.39, 0.29) is 44.8 Å². The van der Waals surface area contributed by atoms with Crippen LogP contribution in [0, 0.1) is 18.7 Å². The summed E-state index contributed by atoms with van der Waals surface area (Å²) in [6, 6.07) is 8.80. The van der Waals surface area contributed by atoms with E-state index in [1.165, 1.54) is 36.4 Å². The van der Waals surface area contributed by atoms with Gasteiger partial charge in [0.05, 0.1) is 21.9 Å². The molecule has 0 aliphatic heterocycles. The molecule has 2 aromatic carbocycles. The predicted octanol–water partition coefficient (Wildman–Crippen LogP) is 5.82. The number of ether oxygens (including phenoxy) is 1. The second-order valence-corrected chi connectivity index (χ2v) is 7.43. The largest absolute Gasteiger partial charge is 0.460 e. The minimum atomic E-state index is -0.598. The molecule has 1 aliphatic carbocycles. The molecule has 0 amide bonds. The van der Waals surface area contributed by atoms with E-state index in [2.05, 4.69) is 6.08 Å². The quantitative estimate of drug-likeness (QED) is 0.309. The number of allylic oxidation sites excluding steroid dienone is 2. The van der Waals surface area contributed by atoms with E-state index in [1.807, 2.05) is 6.08 Å². The summed E-state index contributed by atoms with van der Waals surface area (Å²) in [5, 5.41) is 0.386. The van der Waals surface area contributed by atoms with E-state index in [9.17, 15) is 14.0 Å². The molecule has 4 rings (SSSR count). The highest BCUT2D eigenvalue weighted by Gasteiger charge is 2.22. The summed E-state index contributed by atoms with van der Waals surface area (Å²) in [6.07, 6.45) is 6.30. The Kier molecular flexibility index (Phi) is 5.24. The lowest BCUT2D eigenvalue weighted by Gasteiger charge is -2.16. The van der Waals surface area contributed by atoms with Crippen molar-refractivity contribution < 1.29 is 18.3 Å². The smallest absolute Gasteiger partial charge is 0.314 e. The van der Waals surface area contributed by atoms with Crippen LogP contribution in [0.25, 0.3) is 22.1 Å². The summed E-state index contributed by atoms with van der Waals surface area (Å²) in [7, 11) is 0. The number of carbonyl (C=O) groups is 1. The molecule has 0 radical (unpaired) electrons. The molecule has 6 heteroatoms. The number of esters is 1. The lowest BCUT2D eigenvalue weighted by Crippen LogP contribution is -2.21. The molecular formula is C23H18ClFO4. The molecule has 1 aliphatic rings. The molecule has 148 valence electrons. The minimum Gasteiger partial charge on any atom is -0.460 e. The van der Waals surface area contributed by atoms with Crippen molar-refractivity contribution in [2.24, 2.45) is 5.92 Å². The van der Waals surface area contributed by atoms with Crippen LogP contribution in [0.15, 0.2) is 57.8 Å². The zero-order valence-electron chi connectivity index (χ0n) is 15.7. The average molecular weight is 413 g/mol. The van der Waals surface area contributed by atoms with Gasteiger partial charge in [0.25, 0.3) is 0 Å². The van der Waals surface area contributed by atoms with Gasteiger partial charge in [-0.05, 0) is 50.5 Å². The van der Waals surface area contributed by atoms with Gasteiger partial charge in [-0.2, -0.15) is 0 Å². The number of halogens is 2. The first kappa shape index (κ1) is 19.4. The maximum atomic E-state index is 14.4. The molecule has 1 atom stereocenters. The van der Waals surface area contributed by atoms with Gasteiger partial charge in [-0.3, -0.25) is 9.59 Å². The fraction of sp³-hybridized carbons (Fsp3) is 0.217. The number of fused-ring (bicyclic) bond motifs is 1. The predicted molar refractivity (Wildman–Crippen MR) is 110 cm³/mol. The van der Waals surface area contributed by atoms with E-state index >= 15 is 0 Å². The number of aryl methyl sites for hydroxylation is 1. The summed E-state index contributed by atoms with van der Waals surface area (Å²) in [4.78, 5) is 25.4. The van der Waals surface area contributed by atoms with Crippen LogP contribution < -0.4 is 10.2 Å². The average Bonchev–Trinajstić information content (AvgIpc) is 2.70. The third-order valence-electron chi connectivity index (χ3n) is 5.07. The van der Waals surface area contributed by atoms with Crippen molar-refractivity contribution in [2.75, 3.05) is 0 Å². The molecule has 3 aromatic rings. The zero-order valence-corrected chi connectivity index (χ0v) is 16.5. The fourth-order valence-electron chi connectivity index (χ4n) is 3.58. The van der Waals surface area contributed by atoms with E-state index < -0.39 is 11.2 Å². The van der Waals surface area contributed by atoms with Crippen LogP contribution in [0.2, 0.25) is 5.02 Å². The Morgan fingerprint density at radius 3 is 2.76 bits per heavy atom. The van der Waals surface area contributed by atoms with E-state index in [0.717, 1.165) is 12.8 Å². The van der Waals surface area contributed by atoms with Gasteiger partial charge in [0, 0.05) is 11.6 Å². The van der Waals surface area contributed by atoms with Crippen molar-refractivity contribution in [1.29, 1.82) is 0 Å². The molecule has 0 bridgehead atoms. The number of benzene rings is 2. The summed E-state index contributed by atoms with van der Waals surface area (Å²) >= 11 is 6.13. The Balaban J connectivity index is 1.73. The lowest BCUT2D eigenvalue weighted by molar-refractivity contribution is -0.139. The summed E-state index contributed by atoms with van der Waals surface area (Å²) in [5.41, 5.74) is -0.0360. The molecule has 1 heterocycles. The van der Waals surface area contributed by atoms with Crippen LogP contribution in [0.1, 0.15) is 25.0 Å². The molecule has 1 aromatic heterocycles. The Bertz CT molecular complexity index is 1180. The molecule has 0 saturated carbocycles. The maximum absolute atomic E-state index is 14.4. The third-order valence-corrected chi connectivity index (χ3v) is 5.39. The molecular weight excluding hydrogens is 395 g/mol. The Hall–Kier alpha value is -2.92. The topological polar surface area (TPSA) is 56.5 Å². The van der Waals surface area contributed by atoms with E-state index in [0.29, 0.717) is 12.2 Å². The Morgan fingerprint density at radius 2 is 2.03 bits per heavy atom. The van der Waals surface area contributed by atoms with Gasteiger partial charge >= 0.3 is 5.97 Å². The zero-order chi connectivity index (χ0) is 20.5. The first-order chi connectivity index (χ1) is 14.0. The number of rotatable bonds is 3. The highest BCUT2D eigenvalue weighted by Crippen LogP contribution is 2.33. The van der Waals surface area contributed by atoms with E-state index in [1.54, 1.807) is 6.92 Å². The van der Waals surface area contributed by atoms with Crippen LogP contribution in [0.5, 0.6) is 5.75 Å². The molecule has 0 saturated heterocycles. The highest BCUT2D eigenvalue weighted by atomic mass is 35.5. The van der Waals surface area contributed by atoms with Crippen molar-refractivity contribution in [3.63, 3.8) is 0 Å². The van der Waals surface area contributed by atoms with Crippen LogP contribution in [0.4, 0.5) is 4.39 Å². The van der Waals surface area contributed by atoms with Gasteiger partial charge < -0.3 is 9.15 Å². The number of hydrogen-bond acceptors (Lipinski definition) is 4. The number of hydrogen-bond donors (Lipinski definition) is 0. The fourth-order valence-corrected chi connectivity index (χ4v) is 3.84. The van der Waals surface area contributed by atoms with Crippen molar-refractivity contribution in [3.05, 3.63) is 75.4 Å². The highest BCUT2D eigenvalue weighted by molar-refractivity contribution is 6.33. The Labute approximate surface area is 171 Å². The normalized spacial score (nSPS) is 16.2. The first-order valence-corrected chi connectivity index (χ1v) is 9.72. The van der Waals surface area contributed by atoms with Gasteiger partial charge in [-0.15, -0.1) is 0 Å². The van der Waals surface area contributed by atoms with Crippen molar-refractivity contribution >= 4 is 28.5 Å². The maximum Gasteiger partial charge on any atom is 0.314 e. The summed E-state index contributed by atoms with van der Waals surface area (Å²) in [5.74, 6) is -0.538. The summed E-state index contributed by atoms with van der Waals surface area (Å²) < 4.78 is 25.6. The third kappa shape index (κ3) is 3.70. The van der Waals surface area contributed by atoms with Crippen LogP contribution in [-0.4, -0.2) is 5.97 Å². The van der Waals surface area contributed by atoms with Gasteiger partial charge in [0.15, 0.2) is 0 Å². The standard InChI is InChI=1S/C23H18ClFO4/c1-13-20(21-17(24)8-5-9-18(21)25)22(26)16-11-10-15(12-19(16)28-13)29-23(27)14-6-3-2-4-7-14/h2-3,5,8-12,14H,4,6-7H2,1H3. The molecule has 0 spiro atoms. The van der Waals surface area contributed by atoms with Crippen LogP contribution in [-0.2, 0) is 4.79 Å². The first-order valence-electron chi connectivity index (χ1n) is 9.34. The van der Waals surface area contributed by atoms with E-state index in [4.69, 9.17) is 20.8 Å². The van der Waals surface area contributed by atoms with Gasteiger partial charge in [-0.25, -0.2) is 4.39 Å². The number of carbonyl (C=O) groups excluding carboxylic acids is 1.